The number of fused-ring (bicyclic) bond motifs is 1. The van der Waals surface area contributed by atoms with Crippen molar-refractivity contribution in [3.8, 4) is 22.6 Å². The Morgan fingerprint density at radius 1 is 1.00 bits per heavy atom. The van der Waals surface area contributed by atoms with Gasteiger partial charge in [0.15, 0.2) is 11.5 Å². The molecule has 1 heterocycles. The number of nitro groups is 1. The number of aromatic nitrogens is 1. The molecule has 0 amide bonds. The standard InChI is InChI=1S/C23H17FN2O4/c1-29-22-12-19-17(18-8-7-16(26(27)28)11-20(18)24)9-10-25-21(19)13-23(22)30-14-15-5-3-2-4-6-15/h2-13H,14H2,1H3. The summed E-state index contributed by atoms with van der Waals surface area (Å²) in [7, 11) is 1.53. The highest BCUT2D eigenvalue weighted by Crippen LogP contribution is 2.37. The van der Waals surface area contributed by atoms with Crippen LogP contribution in [-0.4, -0.2) is 17.0 Å². The number of hydrogen-bond donors (Lipinski definition) is 0. The summed E-state index contributed by atoms with van der Waals surface area (Å²) < 4.78 is 26.0. The summed E-state index contributed by atoms with van der Waals surface area (Å²) >= 11 is 0. The van der Waals surface area contributed by atoms with Gasteiger partial charge in [0.2, 0.25) is 0 Å². The van der Waals surface area contributed by atoms with Gasteiger partial charge < -0.3 is 9.47 Å². The summed E-state index contributed by atoms with van der Waals surface area (Å²) in [6.07, 6.45) is 1.56. The molecule has 0 aliphatic carbocycles. The molecule has 0 bridgehead atoms. The Morgan fingerprint density at radius 3 is 2.50 bits per heavy atom. The molecule has 6 nitrogen and oxygen atoms in total. The third kappa shape index (κ3) is 3.77. The van der Waals surface area contributed by atoms with E-state index in [0.29, 0.717) is 34.6 Å². The Morgan fingerprint density at radius 2 is 1.80 bits per heavy atom. The molecule has 0 fully saturated rings. The number of rotatable bonds is 6. The normalized spacial score (nSPS) is 10.7. The zero-order valence-electron chi connectivity index (χ0n) is 16.0. The van der Waals surface area contributed by atoms with Crippen LogP contribution in [0.15, 0.2) is 72.9 Å². The van der Waals surface area contributed by atoms with Crippen LogP contribution in [0.1, 0.15) is 5.56 Å². The minimum atomic E-state index is -0.680. The van der Waals surface area contributed by atoms with E-state index in [2.05, 4.69) is 4.98 Å². The van der Waals surface area contributed by atoms with E-state index < -0.39 is 10.7 Å². The summed E-state index contributed by atoms with van der Waals surface area (Å²) in [5.74, 6) is 0.317. The Hall–Kier alpha value is -4.00. The van der Waals surface area contributed by atoms with Crippen molar-refractivity contribution in [3.05, 3.63) is 94.4 Å². The minimum absolute atomic E-state index is 0.244. The van der Waals surface area contributed by atoms with Gasteiger partial charge >= 0.3 is 0 Å². The van der Waals surface area contributed by atoms with Crippen LogP contribution in [0.25, 0.3) is 22.0 Å². The summed E-state index contributed by atoms with van der Waals surface area (Å²) in [4.78, 5) is 14.6. The molecular weight excluding hydrogens is 387 g/mol. The molecule has 0 aliphatic rings. The molecule has 3 aromatic carbocycles. The fourth-order valence-electron chi connectivity index (χ4n) is 3.23. The van der Waals surface area contributed by atoms with Gasteiger partial charge in [0, 0.05) is 29.3 Å². The second-order valence-corrected chi connectivity index (χ2v) is 6.57. The number of halogens is 1. The van der Waals surface area contributed by atoms with E-state index in [1.54, 1.807) is 24.4 Å². The van der Waals surface area contributed by atoms with Crippen molar-refractivity contribution in [1.82, 2.24) is 4.98 Å². The van der Waals surface area contributed by atoms with Crippen molar-refractivity contribution in [3.63, 3.8) is 0 Å². The average molecular weight is 404 g/mol. The zero-order valence-corrected chi connectivity index (χ0v) is 16.0. The molecule has 0 radical (unpaired) electrons. The molecule has 0 unspecified atom stereocenters. The Labute approximate surface area is 171 Å². The molecule has 4 rings (SSSR count). The molecule has 4 aromatic rings. The van der Waals surface area contributed by atoms with Crippen molar-refractivity contribution in [1.29, 1.82) is 0 Å². The number of ether oxygens (including phenoxy) is 2. The second-order valence-electron chi connectivity index (χ2n) is 6.57. The molecule has 30 heavy (non-hydrogen) atoms. The van der Waals surface area contributed by atoms with E-state index in [1.165, 1.54) is 19.2 Å². The Kier molecular flexibility index (Phi) is 5.26. The van der Waals surface area contributed by atoms with Crippen LogP contribution in [-0.2, 0) is 6.61 Å². The molecular formula is C23H17FN2O4. The predicted octanol–water partition coefficient (Wildman–Crippen LogP) is 5.54. The van der Waals surface area contributed by atoms with Crippen molar-refractivity contribution >= 4 is 16.6 Å². The maximum atomic E-state index is 14.6. The third-order valence-corrected chi connectivity index (χ3v) is 4.72. The van der Waals surface area contributed by atoms with E-state index in [9.17, 15) is 14.5 Å². The van der Waals surface area contributed by atoms with Crippen LogP contribution in [0, 0.1) is 15.9 Å². The van der Waals surface area contributed by atoms with Crippen molar-refractivity contribution < 1.29 is 18.8 Å². The van der Waals surface area contributed by atoms with Crippen LogP contribution < -0.4 is 9.47 Å². The van der Waals surface area contributed by atoms with Gasteiger partial charge in [-0.05, 0) is 29.3 Å². The lowest BCUT2D eigenvalue weighted by Gasteiger charge is -2.14. The molecule has 0 atom stereocenters. The van der Waals surface area contributed by atoms with Crippen LogP contribution >= 0.6 is 0 Å². The smallest absolute Gasteiger partial charge is 0.272 e. The molecule has 150 valence electrons. The van der Waals surface area contributed by atoms with E-state index in [4.69, 9.17) is 9.47 Å². The third-order valence-electron chi connectivity index (χ3n) is 4.72. The fraction of sp³-hybridized carbons (Fsp3) is 0.0870. The lowest BCUT2D eigenvalue weighted by atomic mass is 10.00. The number of hydrogen-bond acceptors (Lipinski definition) is 5. The number of pyridine rings is 1. The van der Waals surface area contributed by atoms with Crippen LogP contribution in [0.4, 0.5) is 10.1 Å². The van der Waals surface area contributed by atoms with Crippen molar-refractivity contribution in [2.24, 2.45) is 0 Å². The van der Waals surface area contributed by atoms with Crippen LogP contribution in [0.5, 0.6) is 11.5 Å². The second kappa shape index (κ2) is 8.16. The zero-order chi connectivity index (χ0) is 21.1. The Balaban J connectivity index is 1.76. The van der Waals surface area contributed by atoms with Gasteiger partial charge in [0.05, 0.1) is 23.6 Å². The largest absolute Gasteiger partial charge is 0.493 e. The number of non-ortho nitro benzene ring substituents is 1. The summed E-state index contributed by atoms with van der Waals surface area (Å²) in [6, 6.07) is 18.4. The first-order chi connectivity index (χ1) is 14.6. The first-order valence-electron chi connectivity index (χ1n) is 9.14. The fourth-order valence-corrected chi connectivity index (χ4v) is 3.23. The number of methoxy groups -OCH3 is 1. The van der Waals surface area contributed by atoms with Gasteiger partial charge in [-0.2, -0.15) is 0 Å². The Bertz CT molecular complexity index is 1230. The van der Waals surface area contributed by atoms with E-state index in [-0.39, 0.29) is 11.3 Å². The predicted molar refractivity (Wildman–Crippen MR) is 111 cm³/mol. The quantitative estimate of drug-likeness (QED) is 0.312. The molecule has 0 saturated carbocycles. The highest BCUT2D eigenvalue weighted by atomic mass is 19.1. The first-order valence-corrected chi connectivity index (χ1v) is 9.14. The number of nitrogens with zero attached hydrogens (tertiary/aromatic N) is 2. The van der Waals surface area contributed by atoms with Crippen molar-refractivity contribution in [2.75, 3.05) is 7.11 Å². The molecule has 0 saturated heterocycles. The lowest BCUT2D eigenvalue weighted by Crippen LogP contribution is -1.98. The van der Waals surface area contributed by atoms with Gasteiger partial charge in [-0.25, -0.2) is 4.39 Å². The number of nitro benzene ring substituents is 1. The SMILES string of the molecule is COc1cc2c(-c3ccc([N+](=O)[O-])cc3F)ccnc2cc1OCc1ccccc1. The van der Waals surface area contributed by atoms with Gasteiger partial charge in [0.1, 0.15) is 12.4 Å². The first kappa shape index (κ1) is 19.3. The molecule has 7 heteroatoms. The van der Waals surface area contributed by atoms with E-state index in [0.717, 1.165) is 11.6 Å². The highest BCUT2D eigenvalue weighted by molar-refractivity contribution is 5.96. The maximum absolute atomic E-state index is 14.6. The summed E-state index contributed by atoms with van der Waals surface area (Å²) in [6.45, 7) is 0.360. The van der Waals surface area contributed by atoms with Gasteiger partial charge in [0.25, 0.3) is 5.69 Å². The highest BCUT2D eigenvalue weighted by Gasteiger charge is 2.16. The van der Waals surface area contributed by atoms with E-state index >= 15 is 0 Å². The summed E-state index contributed by atoms with van der Waals surface area (Å²) in [5, 5.41) is 11.5. The van der Waals surface area contributed by atoms with Crippen LogP contribution in [0.3, 0.4) is 0 Å². The maximum Gasteiger partial charge on any atom is 0.272 e. The average Bonchev–Trinajstić information content (AvgIpc) is 2.77. The van der Waals surface area contributed by atoms with Gasteiger partial charge in [-0.3, -0.25) is 15.1 Å². The summed E-state index contributed by atoms with van der Waals surface area (Å²) in [5.41, 5.74) is 2.10. The topological polar surface area (TPSA) is 74.5 Å². The van der Waals surface area contributed by atoms with Crippen LogP contribution in [0.2, 0.25) is 0 Å². The van der Waals surface area contributed by atoms with Crippen molar-refractivity contribution in [2.45, 2.75) is 6.61 Å². The number of benzene rings is 3. The van der Waals surface area contributed by atoms with Gasteiger partial charge in [-0.15, -0.1) is 0 Å². The molecule has 0 spiro atoms. The lowest BCUT2D eigenvalue weighted by molar-refractivity contribution is -0.385. The molecule has 0 N–H and O–H groups in total. The monoisotopic (exact) mass is 404 g/mol. The minimum Gasteiger partial charge on any atom is -0.493 e. The molecule has 0 aliphatic heterocycles. The molecule has 1 aromatic heterocycles. The van der Waals surface area contributed by atoms with Gasteiger partial charge in [-0.1, -0.05) is 30.3 Å². The van der Waals surface area contributed by atoms with E-state index in [1.807, 2.05) is 30.3 Å².